The van der Waals surface area contributed by atoms with Gasteiger partial charge >= 0.3 is 0 Å². The van der Waals surface area contributed by atoms with Crippen LogP contribution in [0.4, 0.5) is 4.79 Å². The van der Waals surface area contributed by atoms with E-state index in [4.69, 9.17) is 23.2 Å². The van der Waals surface area contributed by atoms with E-state index < -0.39 is 11.1 Å². The molecule has 0 saturated carbocycles. The van der Waals surface area contributed by atoms with Gasteiger partial charge in [-0.15, -0.1) is 0 Å². The number of halogens is 2. The van der Waals surface area contributed by atoms with E-state index in [1.807, 2.05) is 0 Å². The lowest BCUT2D eigenvalue weighted by Crippen LogP contribution is -2.33. The molecule has 132 valence electrons. The Kier molecular flexibility index (Phi) is 5.36. The molecule has 1 saturated heterocycles. The lowest BCUT2D eigenvalue weighted by Gasteiger charge is -2.11. The zero-order valence-corrected chi connectivity index (χ0v) is 15.4. The van der Waals surface area contributed by atoms with Crippen LogP contribution in [0.2, 0.25) is 10.0 Å². The van der Waals surface area contributed by atoms with E-state index in [2.05, 4.69) is 0 Å². The molecule has 26 heavy (non-hydrogen) atoms. The van der Waals surface area contributed by atoms with Gasteiger partial charge in [0, 0.05) is 21.2 Å². The highest BCUT2D eigenvalue weighted by molar-refractivity contribution is 8.18. The van der Waals surface area contributed by atoms with Gasteiger partial charge in [0.25, 0.3) is 11.1 Å². The molecule has 0 aromatic heterocycles. The molecule has 2 aromatic carbocycles. The molecule has 0 bridgehead atoms. The van der Waals surface area contributed by atoms with Crippen molar-refractivity contribution in [2.45, 2.75) is 0 Å². The molecule has 8 heteroatoms. The van der Waals surface area contributed by atoms with E-state index >= 15 is 0 Å². The van der Waals surface area contributed by atoms with Crippen molar-refractivity contribution in [1.29, 1.82) is 0 Å². The van der Waals surface area contributed by atoms with Gasteiger partial charge in [-0.1, -0.05) is 23.2 Å². The second-order valence-corrected chi connectivity index (χ2v) is 7.27. The molecule has 3 rings (SSSR count). The van der Waals surface area contributed by atoms with Gasteiger partial charge in [-0.2, -0.15) is 0 Å². The predicted molar refractivity (Wildman–Crippen MR) is 102 cm³/mol. The number of rotatable bonds is 4. The van der Waals surface area contributed by atoms with Crippen molar-refractivity contribution in [3.63, 3.8) is 0 Å². The summed E-state index contributed by atoms with van der Waals surface area (Å²) < 4.78 is 0. The van der Waals surface area contributed by atoms with Crippen molar-refractivity contribution in [3.8, 4) is 5.75 Å². The van der Waals surface area contributed by atoms with E-state index in [1.165, 1.54) is 36.4 Å². The van der Waals surface area contributed by atoms with Crippen molar-refractivity contribution in [2.24, 2.45) is 0 Å². The number of carbonyl (C=O) groups excluding carboxylic acids is 3. The van der Waals surface area contributed by atoms with Crippen LogP contribution in [-0.2, 0) is 4.79 Å². The minimum absolute atomic E-state index is 0.0709. The van der Waals surface area contributed by atoms with Crippen LogP contribution in [0.5, 0.6) is 5.75 Å². The van der Waals surface area contributed by atoms with Crippen LogP contribution < -0.4 is 0 Å². The molecular weight excluding hydrogens is 397 g/mol. The van der Waals surface area contributed by atoms with Crippen LogP contribution in [0.1, 0.15) is 15.9 Å². The summed E-state index contributed by atoms with van der Waals surface area (Å²) in [7, 11) is 0. The molecule has 2 amide bonds. The largest absolute Gasteiger partial charge is 0.507 e. The van der Waals surface area contributed by atoms with Gasteiger partial charge < -0.3 is 5.11 Å². The van der Waals surface area contributed by atoms with E-state index in [9.17, 15) is 19.5 Å². The van der Waals surface area contributed by atoms with E-state index in [-0.39, 0.29) is 23.0 Å². The number of benzene rings is 2. The van der Waals surface area contributed by atoms with Gasteiger partial charge in [0.2, 0.25) is 0 Å². The van der Waals surface area contributed by atoms with Crippen LogP contribution in [-0.4, -0.2) is 33.5 Å². The summed E-state index contributed by atoms with van der Waals surface area (Å²) in [5.41, 5.74) is 0.664. The van der Waals surface area contributed by atoms with Gasteiger partial charge in [0.15, 0.2) is 5.78 Å². The molecule has 1 N–H and O–H groups in total. The van der Waals surface area contributed by atoms with Crippen molar-refractivity contribution >= 4 is 58.0 Å². The third-order valence-electron chi connectivity index (χ3n) is 3.62. The Balaban J connectivity index is 1.80. The molecule has 0 aliphatic carbocycles. The molecule has 0 radical (unpaired) electrons. The number of aromatic hydroxyl groups is 1. The second kappa shape index (κ2) is 7.53. The molecule has 0 unspecified atom stereocenters. The first-order valence-corrected chi connectivity index (χ1v) is 8.95. The summed E-state index contributed by atoms with van der Waals surface area (Å²) in [6.07, 6.45) is 1.37. The Morgan fingerprint density at radius 1 is 1.08 bits per heavy atom. The van der Waals surface area contributed by atoms with E-state index in [1.54, 1.807) is 12.1 Å². The number of imide groups is 1. The minimum Gasteiger partial charge on any atom is -0.507 e. The fraction of sp³-hybridized carbons (Fsp3) is 0.0556. The van der Waals surface area contributed by atoms with Crippen LogP contribution >= 0.6 is 35.0 Å². The van der Waals surface area contributed by atoms with Gasteiger partial charge in [0.05, 0.1) is 11.4 Å². The lowest BCUT2D eigenvalue weighted by molar-refractivity contribution is -0.122. The van der Waals surface area contributed by atoms with Crippen LogP contribution in [0, 0.1) is 0 Å². The molecule has 1 fully saturated rings. The average molecular weight is 408 g/mol. The van der Waals surface area contributed by atoms with Gasteiger partial charge in [-0.25, -0.2) is 0 Å². The van der Waals surface area contributed by atoms with Crippen LogP contribution in [0.15, 0.2) is 47.4 Å². The second-order valence-electron chi connectivity index (χ2n) is 5.40. The smallest absolute Gasteiger partial charge is 0.293 e. The summed E-state index contributed by atoms with van der Waals surface area (Å²) in [6, 6.07) is 10.6. The molecule has 0 atom stereocenters. The number of phenolic OH excluding ortho intramolecular Hbond substituents is 1. The summed E-state index contributed by atoms with van der Waals surface area (Å²) in [6.45, 7) is -0.370. The Morgan fingerprint density at radius 2 is 1.73 bits per heavy atom. The maximum Gasteiger partial charge on any atom is 0.293 e. The standard InChI is InChI=1S/C18H11Cl2NO4S/c19-12-3-1-10(2-4-12)15(23)9-21-17(24)16(26-18(21)25)8-11-7-13(20)5-6-14(11)22/h1-8,22H,9H2/b16-8-. The monoisotopic (exact) mass is 407 g/mol. The molecular formula is C18H11Cl2NO4S. The highest BCUT2D eigenvalue weighted by Gasteiger charge is 2.36. The van der Waals surface area contributed by atoms with Crippen molar-refractivity contribution in [3.05, 3.63) is 68.5 Å². The summed E-state index contributed by atoms with van der Waals surface area (Å²) >= 11 is 12.4. The SMILES string of the molecule is O=C(CN1C(=O)S/C(=C\c2cc(Cl)ccc2O)C1=O)c1ccc(Cl)cc1. The number of ketones is 1. The number of nitrogens with zero attached hydrogens (tertiary/aromatic N) is 1. The molecule has 1 aliphatic rings. The molecule has 2 aromatic rings. The quantitative estimate of drug-likeness (QED) is 0.591. The molecule has 1 heterocycles. The first kappa shape index (κ1) is 18.5. The molecule has 5 nitrogen and oxygen atoms in total. The van der Waals surface area contributed by atoms with Gasteiger partial charge in [-0.3, -0.25) is 19.3 Å². The number of thioether (sulfide) groups is 1. The molecule has 1 aliphatic heterocycles. The maximum atomic E-state index is 12.5. The fourth-order valence-corrected chi connectivity index (χ4v) is 3.42. The number of amides is 2. The van der Waals surface area contributed by atoms with Gasteiger partial charge in [0.1, 0.15) is 5.75 Å². The Labute approximate surface area is 163 Å². The number of hydrogen-bond acceptors (Lipinski definition) is 5. The van der Waals surface area contributed by atoms with Gasteiger partial charge in [-0.05, 0) is 60.3 Å². The van der Waals surface area contributed by atoms with Crippen molar-refractivity contribution in [2.75, 3.05) is 6.54 Å². The summed E-state index contributed by atoms with van der Waals surface area (Å²) in [5.74, 6) is -1.05. The number of Topliss-reactive ketones (excluding diaryl/α,β-unsaturated/α-hetero) is 1. The number of hydrogen-bond donors (Lipinski definition) is 1. The van der Waals surface area contributed by atoms with Crippen molar-refractivity contribution < 1.29 is 19.5 Å². The average Bonchev–Trinajstić information content (AvgIpc) is 2.86. The fourth-order valence-electron chi connectivity index (χ4n) is 2.29. The minimum atomic E-state index is -0.596. The first-order valence-electron chi connectivity index (χ1n) is 7.38. The first-order chi connectivity index (χ1) is 12.3. The highest BCUT2D eigenvalue weighted by atomic mass is 35.5. The lowest BCUT2D eigenvalue weighted by atomic mass is 10.1. The third kappa shape index (κ3) is 3.93. The topological polar surface area (TPSA) is 74.7 Å². The van der Waals surface area contributed by atoms with E-state index in [0.29, 0.717) is 32.9 Å². The van der Waals surface area contributed by atoms with Crippen LogP contribution in [0.25, 0.3) is 6.08 Å². The zero-order chi connectivity index (χ0) is 18.8. The maximum absolute atomic E-state index is 12.5. The summed E-state index contributed by atoms with van der Waals surface area (Å²) in [4.78, 5) is 37.9. The Hall–Kier alpha value is -2.28. The summed E-state index contributed by atoms with van der Waals surface area (Å²) in [5, 5.41) is 10.2. The Morgan fingerprint density at radius 3 is 2.42 bits per heavy atom. The zero-order valence-electron chi connectivity index (χ0n) is 13.1. The Bertz CT molecular complexity index is 941. The molecule has 0 spiro atoms. The normalized spacial score (nSPS) is 15.8. The van der Waals surface area contributed by atoms with Crippen LogP contribution in [0.3, 0.4) is 0 Å². The number of carbonyl (C=O) groups is 3. The van der Waals surface area contributed by atoms with E-state index in [0.717, 1.165) is 4.90 Å². The highest BCUT2D eigenvalue weighted by Crippen LogP contribution is 2.34. The van der Waals surface area contributed by atoms with Crippen molar-refractivity contribution in [1.82, 2.24) is 4.90 Å². The predicted octanol–water partition coefficient (Wildman–Crippen LogP) is 4.62. The number of phenols is 1. The third-order valence-corrected chi connectivity index (χ3v) is 5.01.